The van der Waals surface area contributed by atoms with Gasteiger partial charge in [-0.2, -0.15) is 0 Å². The van der Waals surface area contributed by atoms with Crippen molar-refractivity contribution in [3.05, 3.63) is 15.8 Å². The van der Waals surface area contributed by atoms with Gasteiger partial charge in [-0.3, -0.25) is 0 Å². The number of nitrogens with one attached hydrogen (secondary N) is 1. The molecule has 0 amide bonds. The maximum Gasteiger partial charge on any atom is 0.242 e. The van der Waals surface area contributed by atoms with Gasteiger partial charge in [-0.05, 0) is 33.3 Å². The summed E-state index contributed by atoms with van der Waals surface area (Å²) in [6.45, 7) is 6.51. The topological polar surface area (TPSA) is 81.4 Å². The van der Waals surface area contributed by atoms with Gasteiger partial charge in [0.05, 0.1) is 16.5 Å². The monoisotopic (exact) mass is 304 g/mol. The Bertz CT molecular complexity index is 568. The number of thiophene rings is 1. The van der Waals surface area contributed by atoms with Crippen LogP contribution in [0.25, 0.3) is 0 Å². The standard InChI is InChI=1S/C12H20N2O3S2/c1-8-11(6-10(7-13)18-8)19(15,16)14-12(3)4-5-17-9(12)2/h6,9,14H,4-5,7,13H2,1-3H3. The first kappa shape index (κ1) is 14.9. The Morgan fingerprint density at radius 2 is 2.32 bits per heavy atom. The summed E-state index contributed by atoms with van der Waals surface area (Å²) < 4.78 is 33.2. The molecule has 7 heteroatoms. The van der Waals surface area contributed by atoms with E-state index in [-0.39, 0.29) is 6.10 Å². The Balaban J connectivity index is 2.30. The normalized spacial score (nSPS) is 27.9. The maximum absolute atomic E-state index is 12.5. The molecule has 1 aliphatic rings. The van der Waals surface area contributed by atoms with Crippen LogP contribution in [0.5, 0.6) is 0 Å². The zero-order valence-corrected chi connectivity index (χ0v) is 13.0. The van der Waals surface area contributed by atoms with E-state index in [9.17, 15) is 8.42 Å². The minimum atomic E-state index is -3.53. The second-order valence-corrected chi connectivity index (χ2v) is 8.11. The van der Waals surface area contributed by atoms with E-state index in [2.05, 4.69) is 4.72 Å². The summed E-state index contributed by atoms with van der Waals surface area (Å²) in [5, 5.41) is 0. The van der Waals surface area contributed by atoms with Crippen LogP contribution in [0.4, 0.5) is 0 Å². The molecule has 19 heavy (non-hydrogen) atoms. The van der Waals surface area contributed by atoms with Crippen LogP contribution in [-0.2, 0) is 21.3 Å². The lowest BCUT2D eigenvalue weighted by atomic mass is 9.97. The van der Waals surface area contributed by atoms with Gasteiger partial charge in [-0.15, -0.1) is 11.3 Å². The van der Waals surface area contributed by atoms with Crippen molar-refractivity contribution in [1.82, 2.24) is 4.72 Å². The molecule has 1 aromatic heterocycles. The zero-order valence-electron chi connectivity index (χ0n) is 11.4. The Morgan fingerprint density at radius 1 is 1.63 bits per heavy atom. The molecule has 1 saturated heterocycles. The highest BCUT2D eigenvalue weighted by molar-refractivity contribution is 7.89. The molecule has 0 aliphatic carbocycles. The van der Waals surface area contributed by atoms with E-state index >= 15 is 0 Å². The predicted octanol–water partition coefficient (Wildman–Crippen LogP) is 1.36. The van der Waals surface area contributed by atoms with Crippen LogP contribution in [-0.4, -0.2) is 26.7 Å². The molecule has 1 aliphatic heterocycles. The van der Waals surface area contributed by atoms with Crippen molar-refractivity contribution in [2.75, 3.05) is 6.61 Å². The number of hydrogen-bond donors (Lipinski definition) is 2. The smallest absolute Gasteiger partial charge is 0.242 e. The fourth-order valence-electron chi connectivity index (χ4n) is 2.22. The summed E-state index contributed by atoms with van der Waals surface area (Å²) in [5.74, 6) is 0. The van der Waals surface area contributed by atoms with Gasteiger partial charge in [-0.25, -0.2) is 13.1 Å². The van der Waals surface area contributed by atoms with Crippen molar-refractivity contribution in [2.45, 2.75) is 50.3 Å². The molecule has 1 fully saturated rings. The molecular weight excluding hydrogens is 284 g/mol. The number of ether oxygens (including phenoxy) is 1. The molecule has 0 spiro atoms. The quantitative estimate of drug-likeness (QED) is 0.880. The van der Waals surface area contributed by atoms with Gasteiger partial charge in [0.15, 0.2) is 0 Å². The van der Waals surface area contributed by atoms with Crippen LogP contribution in [0.3, 0.4) is 0 Å². The first-order chi connectivity index (χ1) is 8.78. The zero-order chi connectivity index (χ0) is 14.3. The average Bonchev–Trinajstić information content (AvgIpc) is 2.83. The molecule has 2 heterocycles. The molecule has 0 saturated carbocycles. The molecule has 2 unspecified atom stereocenters. The van der Waals surface area contributed by atoms with Crippen LogP contribution in [0.2, 0.25) is 0 Å². The van der Waals surface area contributed by atoms with Crippen molar-refractivity contribution in [1.29, 1.82) is 0 Å². The van der Waals surface area contributed by atoms with E-state index in [0.29, 0.717) is 24.5 Å². The minimum Gasteiger partial charge on any atom is -0.376 e. The SMILES string of the molecule is Cc1sc(CN)cc1S(=O)(=O)NC1(C)CCOC1C. The second kappa shape index (κ2) is 5.14. The fourth-order valence-corrected chi connectivity index (χ4v) is 5.23. The van der Waals surface area contributed by atoms with Crippen molar-refractivity contribution in [3.63, 3.8) is 0 Å². The molecule has 0 radical (unpaired) electrons. The van der Waals surface area contributed by atoms with Gasteiger partial charge in [0.2, 0.25) is 10.0 Å². The fraction of sp³-hybridized carbons (Fsp3) is 0.667. The van der Waals surface area contributed by atoms with Crippen LogP contribution in [0, 0.1) is 6.92 Å². The summed E-state index contributed by atoms with van der Waals surface area (Å²) in [6, 6.07) is 1.66. The van der Waals surface area contributed by atoms with Gasteiger partial charge in [-0.1, -0.05) is 0 Å². The third-order valence-corrected chi connectivity index (χ3v) is 6.61. The van der Waals surface area contributed by atoms with Crippen LogP contribution in [0.15, 0.2) is 11.0 Å². The van der Waals surface area contributed by atoms with Crippen molar-refractivity contribution >= 4 is 21.4 Å². The van der Waals surface area contributed by atoms with Crippen LogP contribution < -0.4 is 10.5 Å². The number of hydrogen-bond acceptors (Lipinski definition) is 5. The number of aryl methyl sites for hydroxylation is 1. The van der Waals surface area contributed by atoms with E-state index in [0.717, 1.165) is 9.75 Å². The van der Waals surface area contributed by atoms with Crippen molar-refractivity contribution in [2.24, 2.45) is 5.73 Å². The number of rotatable bonds is 4. The van der Waals surface area contributed by atoms with Gasteiger partial charge >= 0.3 is 0 Å². The summed E-state index contributed by atoms with van der Waals surface area (Å²) in [5.41, 5.74) is 5.02. The third kappa shape index (κ3) is 2.85. The van der Waals surface area contributed by atoms with Gasteiger partial charge in [0.1, 0.15) is 0 Å². The Hall–Kier alpha value is -0.470. The lowest BCUT2D eigenvalue weighted by Crippen LogP contribution is -2.50. The lowest BCUT2D eigenvalue weighted by Gasteiger charge is -2.28. The van der Waals surface area contributed by atoms with Crippen molar-refractivity contribution in [3.8, 4) is 0 Å². The predicted molar refractivity (Wildman–Crippen MR) is 75.7 cm³/mol. The molecule has 1 aromatic rings. The Kier molecular flexibility index (Phi) is 4.04. The molecule has 5 nitrogen and oxygen atoms in total. The first-order valence-corrected chi connectivity index (χ1v) is 8.53. The molecule has 108 valence electrons. The van der Waals surface area contributed by atoms with Gasteiger partial charge in [0, 0.05) is 22.9 Å². The van der Waals surface area contributed by atoms with Gasteiger partial charge < -0.3 is 10.5 Å². The minimum absolute atomic E-state index is 0.129. The number of nitrogens with two attached hydrogens (primary N) is 1. The molecular formula is C12H20N2O3S2. The van der Waals surface area contributed by atoms with E-state index in [1.54, 1.807) is 13.0 Å². The molecule has 0 bridgehead atoms. The summed E-state index contributed by atoms with van der Waals surface area (Å²) >= 11 is 1.42. The molecule has 3 N–H and O–H groups in total. The van der Waals surface area contributed by atoms with Crippen LogP contribution in [0.1, 0.15) is 30.0 Å². The lowest BCUT2D eigenvalue weighted by molar-refractivity contribution is 0.0957. The van der Waals surface area contributed by atoms with E-state index < -0.39 is 15.6 Å². The maximum atomic E-state index is 12.5. The summed E-state index contributed by atoms with van der Waals surface area (Å²) in [4.78, 5) is 1.97. The molecule has 2 rings (SSSR count). The first-order valence-electron chi connectivity index (χ1n) is 6.23. The van der Waals surface area contributed by atoms with Crippen LogP contribution >= 0.6 is 11.3 Å². The summed E-state index contributed by atoms with van der Waals surface area (Å²) in [7, 11) is -3.53. The van der Waals surface area contributed by atoms with E-state index in [1.165, 1.54) is 11.3 Å². The molecule has 2 atom stereocenters. The highest BCUT2D eigenvalue weighted by Crippen LogP contribution is 2.30. The third-order valence-electron chi connectivity index (χ3n) is 3.67. The average molecular weight is 304 g/mol. The second-order valence-electron chi connectivity index (χ2n) is 5.12. The van der Waals surface area contributed by atoms with E-state index in [1.807, 2.05) is 13.8 Å². The summed E-state index contributed by atoms with van der Waals surface area (Å²) in [6.07, 6.45) is 0.551. The highest BCUT2D eigenvalue weighted by Gasteiger charge is 2.41. The Morgan fingerprint density at radius 3 is 2.79 bits per heavy atom. The number of sulfonamides is 1. The van der Waals surface area contributed by atoms with Crippen molar-refractivity contribution < 1.29 is 13.2 Å². The Labute approximate surface area is 118 Å². The highest BCUT2D eigenvalue weighted by atomic mass is 32.2. The molecule has 0 aromatic carbocycles. The largest absolute Gasteiger partial charge is 0.376 e. The van der Waals surface area contributed by atoms with Gasteiger partial charge in [0.25, 0.3) is 0 Å². The van der Waals surface area contributed by atoms with E-state index in [4.69, 9.17) is 10.5 Å².